The SMILES string of the molecule is CS(=O)c1nc(-c2ccc(=O)n(Cc3ccc4c(c3)CCCO4)c2)cc(C(F)(F)F)n1. The highest BCUT2D eigenvalue weighted by molar-refractivity contribution is 7.84. The Morgan fingerprint density at radius 1 is 1.16 bits per heavy atom. The Balaban J connectivity index is 1.72. The molecule has 162 valence electrons. The number of aryl methyl sites for hydroxylation is 1. The standard InChI is InChI=1S/C21H18F3N3O3S/c1-31(29)20-25-16(10-18(26-20)21(22,23)24)15-5-7-19(28)27(12-15)11-13-4-6-17-14(9-13)3-2-8-30-17/h4-7,9-10,12H,2-3,8,11H2,1H3. The second kappa shape index (κ2) is 8.26. The number of halogens is 3. The molecule has 10 heteroatoms. The third kappa shape index (κ3) is 4.68. The van der Waals surface area contributed by atoms with Gasteiger partial charge in [0.25, 0.3) is 5.56 Å². The summed E-state index contributed by atoms with van der Waals surface area (Å²) in [6.45, 7) is 0.918. The van der Waals surface area contributed by atoms with E-state index in [1.807, 2.05) is 18.2 Å². The van der Waals surface area contributed by atoms with Gasteiger partial charge in [-0.05, 0) is 42.2 Å². The Hall–Kier alpha value is -3.01. The van der Waals surface area contributed by atoms with Crippen molar-refractivity contribution >= 4 is 10.8 Å². The van der Waals surface area contributed by atoms with Gasteiger partial charge >= 0.3 is 6.18 Å². The Kier molecular flexibility index (Phi) is 5.65. The van der Waals surface area contributed by atoms with E-state index >= 15 is 0 Å². The van der Waals surface area contributed by atoms with E-state index in [-0.39, 0.29) is 17.8 Å². The number of nitrogens with zero attached hydrogens (tertiary/aromatic N) is 3. The highest BCUT2D eigenvalue weighted by Gasteiger charge is 2.34. The van der Waals surface area contributed by atoms with Crippen molar-refractivity contribution in [3.8, 4) is 17.0 Å². The summed E-state index contributed by atoms with van der Waals surface area (Å²) in [5.74, 6) is 0.830. The maximum absolute atomic E-state index is 13.2. The molecule has 0 N–H and O–H groups in total. The van der Waals surface area contributed by atoms with Crippen LogP contribution in [0.3, 0.4) is 0 Å². The van der Waals surface area contributed by atoms with Crippen LogP contribution in [0.25, 0.3) is 11.3 Å². The van der Waals surface area contributed by atoms with Crippen LogP contribution >= 0.6 is 0 Å². The first-order valence-corrected chi connectivity index (χ1v) is 11.0. The number of pyridine rings is 1. The number of hydrogen-bond acceptors (Lipinski definition) is 5. The van der Waals surface area contributed by atoms with Gasteiger partial charge < -0.3 is 9.30 Å². The molecule has 3 heterocycles. The molecule has 0 amide bonds. The smallest absolute Gasteiger partial charge is 0.433 e. The van der Waals surface area contributed by atoms with Crippen molar-refractivity contribution in [3.63, 3.8) is 0 Å². The first kappa shape index (κ1) is 21.2. The number of hydrogen-bond donors (Lipinski definition) is 0. The van der Waals surface area contributed by atoms with Crippen LogP contribution < -0.4 is 10.3 Å². The van der Waals surface area contributed by atoms with E-state index in [0.717, 1.165) is 35.8 Å². The summed E-state index contributed by atoms with van der Waals surface area (Å²) < 4.78 is 58.5. The average Bonchev–Trinajstić information content (AvgIpc) is 2.74. The highest BCUT2D eigenvalue weighted by atomic mass is 32.2. The first-order valence-electron chi connectivity index (χ1n) is 9.46. The summed E-state index contributed by atoms with van der Waals surface area (Å²) in [6, 6.07) is 9.14. The van der Waals surface area contributed by atoms with Gasteiger partial charge in [-0.25, -0.2) is 9.97 Å². The summed E-state index contributed by atoms with van der Waals surface area (Å²) in [4.78, 5) is 19.7. The molecule has 3 aromatic rings. The van der Waals surface area contributed by atoms with Gasteiger partial charge in [-0.1, -0.05) is 12.1 Å². The van der Waals surface area contributed by atoms with Gasteiger partial charge in [0.2, 0.25) is 5.16 Å². The Bertz CT molecular complexity index is 1220. The van der Waals surface area contributed by atoms with Gasteiger partial charge in [0.15, 0.2) is 0 Å². The van der Waals surface area contributed by atoms with Crippen molar-refractivity contribution in [2.45, 2.75) is 30.7 Å². The maximum Gasteiger partial charge on any atom is 0.433 e. The van der Waals surface area contributed by atoms with E-state index in [0.29, 0.717) is 12.2 Å². The molecule has 1 unspecified atom stereocenters. The van der Waals surface area contributed by atoms with Crippen LogP contribution in [0.1, 0.15) is 23.2 Å². The molecule has 4 rings (SSSR count). The van der Waals surface area contributed by atoms with Crippen LogP contribution in [0, 0.1) is 0 Å². The van der Waals surface area contributed by atoms with Crippen molar-refractivity contribution < 1.29 is 22.1 Å². The predicted octanol–water partition coefficient (Wildman–Crippen LogP) is 3.43. The fraction of sp³-hybridized carbons (Fsp3) is 0.286. The van der Waals surface area contributed by atoms with Crippen LogP contribution in [0.5, 0.6) is 5.75 Å². The number of benzene rings is 1. The van der Waals surface area contributed by atoms with Crippen molar-refractivity contribution in [2.24, 2.45) is 0 Å². The molecule has 0 radical (unpaired) electrons. The van der Waals surface area contributed by atoms with E-state index in [1.54, 1.807) is 0 Å². The minimum absolute atomic E-state index is 0.0554. The van der Waals surface area contributed by atoms with Crippen LogP contribution in [0.4, 0.5) is 13.2 Å². The molecule has 6 nitrogen and oxygen atoms in total. The van der Waals surface area contributed by atoms with Gasteiger partial charge in [0, 0.05) is 24.1 Å². The quantitative estimate of drug-likeness (QED) is 0.571. The van der Waals surface area contributed by atoms with Crippen molar-refractivity contribution in [1.29, 1.82) is 0 Å². The molecule has 0 fully saturated rings. The number of ether oxygens (including phenoxy) is 1. The van der Waals surface area contributed by atoms with Gasteiger partial charge in [0.1, 0.15) is 11.4 Å². The van der Waals surface area contributed by atoms with Crippen molar-refractivity contribution in [2.75, 3.05) is 12.9 Å². The molecule has 0 spiro atoms. The van der Waals surface area contributed by atoms with E-state index < -0.39 is 27.8 Å². The Labute approximate surface area is 178 Å². The lowest BCUT2D eigenvalue weighted by molar-refractivity contribution is -0.141. The number of aromatic nitrogens is 3. The van der Waals surface area contributed by atoms with Crippen LogP contribution in [0.2, 0.25) is 0 Å². The second-order valence-corrected chi connectivity index (χ2v) is 8.42. The zero-order valence-electron chi connectivity index (χ0n) is 16.5. The van der Waals surface area contributed by atoms with Crippen molar-refractivity contribution in [3.05, 3.63) is 69.8 Å². The molecule has 0 saturated heterocycles. The molecule has 31 heavy (non-hydrogen) atoms. The third-order valence-electron chi connectivity index (χ3n) is 4.86. The minimum atomic E-state index is -4.72. The molecule has 0 saturated carbocycles. The highest BCUT2D eigenvalue weighted by Crippen LogP contribution is 2.31. The molecule has 1 aliphatic heterocycles. The Morgan fingerprint density at radius 2 is 1.97 bits per heavy atom. The van der Waals surface area contributed by atoms with Gasteiger partial charge in [-0.15, -0.1) is 0 Å². The van der Waals surface area contributed by atoms with Crippen LogP contribution in [-0.2, 0) is 29.9 Å². The summed E-state index contributed by atoms with van der Waals surface area (Å²) in [6.07, 6.45) is -0.257. The Morgan fingerprint density at radius 3 is 2.71 bits per heavy atom. The lowest BCUT2D eigenvalue weighted by Gasteiger charge is -2.18. The third-order valence-corrected chi connectivity index (χ3v) is 5.56. The molecule has 1 aromatic carbocycles. The van der Waals surface area contributed by atoms with Crippen LogP contribution in [0.15, 0.2) is 52.5 Å². The molecule has 1 aliphatic rings. The number of rotatable bonds is 4. The first-order chi connectivity index (χ1) is 14.7. The van der Waals surface area contributed by atoms with Gasteiger partial charge in [-0.3, -0.25) is 9.00 Å². The monoisotopic (exact) mass is 449 g/mol. The number of alkyl halides is 3. The molecular weight excluding hydrogens is 431 g/mol. The van der Waals surface area contributed by atoms with E-state index in [1.165, 1.54) is 29.2 Å². The summed E-state index contributed by atoms with van der Waals surface area (Å²) in [5, 5.41) is -0.419. The minimum Gasteiger partial charge on any atom is -0.493 e. The largest absolute Gasteiger partial charge is 0.493 e. The summed E-state index contributed by atoms with van der Waals surface area (Å²) >= 11 is 0. The summed E-state index contributed by atoms with van der Waals surface area (Å²) in [7, 11) is -1.80. The second-order valence-electron chi connectivity index (χ2n) is 7.15. The zero-order valence-corrected chi connectivity index (χ0v) is 17.3. The van der Waals surface area contributed by atoms with Gasteiger partial charge in [-0.2, -0.15) is 13.2 Å². The van der Waals surface area contributed by atoms with Crippen molar-refractivity contribution in [1.82, 2.24) is 14.5 Å². The van der Waals surface area contributed by atoms with E-state index in [4.69, 9.17) is 4.74 Å². The zero-order chi connectivity index (χ0) is 22.2. The molecule has 0 bridgehead atoms. The fourth-order valence-electron chi connectivity index (χ4n) is 3.36. The predicted molar refractivity (Wildman–Crippen MR) is 108 cm³/mol. The van der Waals surface area contributed by atoms with E-state index in [9.17, 15) is 22.2 Å². The lowest BCUT2D eigenvalue weighted by Crippen LogP contribution is -2.20. The van der Waals surface area contributed by atoms with Gasteiger partial charge in [0.05, 0.1) is 29.6 Å². The number of fused-ring (bicyclic) bond motifs is 1. The van der Waals surface area contributed by atoms with E-state index in [2.05, 4.69) is 9.97 Å². The van der Waals surface area contributed by atoms with Crippen LogP contribution in [-0.4, -0.2) is 31.6 Å². The maximum atomic E-state index is 13.2. The fourth-order valence-corrected chi connectivity index (χ4v) is 3.82. The lowest BCUT2D eigenvalue weighted by atomic mass is 10.0. The average molecular weight is 449 g/mol. The molecular formula is C21H18F3N3O3S. The normalized spacial score (nSPS) is 14.6. The molecule has 0 aliphatic carbocycles. The molecule has 2 aromatic heterocycles. The molecule has 1 atom stereocenters. The topological polar surface area (TPSA) is 74.1 Å². The summed E-state index contributed by atoms with van der Waals surface area (Å²) in [5.41, 5.74) is 0.684.